The fourth-order valence-corrected chi connectivity index (χ4v) is 4.25. The van der Waals surface area contributed by atoms with Gasteiger partial charge in [-0.05, 0) is 23.5 Å². The highest BCUT2D eigenvalue weighted by Gasteiger charge is 2.33. The Kier molecular flexibility index (Phi) is 7.32. The Morgan fingerprint density at radius 2 is 1.96 bits per heavy atom. The van der Waals surface area contributed by atoms with Gasteiger partial charge in [0.2, 0.25) is 5.91 Å². The molecule has 0 spiro atoms. The molecule has 138 valence electrons. The van der Waals surface area contributed by atoms with Crippen molar-refractivity contribution in [2.75, 3.05) is 19.4 Å². The highest BCUT2D eigenvalue weighted by atomic mass is 32.2. The zero-order valence-electron chi connectivity index (χ0n) is 15.4. The van der Waals surface area contributed by atoms with Crippen LogP contribution < -0.4 is 10.6 Å². The highest BCUT2D eigenvalue weighted by molar-refractivity contribution is 8.00. The van der Waals surface area contributed by atoms with Gasteiger partial charge in [-0.3, -0.25) is 14.9 Å². The van der Waals surface area contributed by atoms with Crippen LogP contribution in [-0.2, 0) is 20.7 Å². The van der Waals surface area contributed by atoms with Crippen LogP contribution in [-0.4, -0.2) is 42.7 Å². The number of amides is 1. The lowest BCUT2D eigenvalue weighted by Crippen LogP contribution is -2.46. The summed E-state index contributed by atoms with van der Waals surface area (Å²) in [5, 5.41) is 6.17. The van der Waals surface area contributed by atoms with Gasteiger partial charge in [0, 0.05) is 11.7 Å². The third-order valence-corrected chi connectivity index (χ3v) is 5.79. The summed E-state index contributed by atoms with van der Waals surface area (Å²) in [5.74, 6) is 1.06. The van der Waals surface area contributed by atoms with Gasteiger partial charge in [-0.2, -0.15) is 0 Å². The molecule has 25 heavy (non-hydrogen) atoms. The van der Waals surface area contributed by atoms with Crippen LogP contribution in [0.25, 0.3) is 0 Å². The summed E-state index contributed by atoms with van der Waals surface area (Å²) in [4.78, 5) is 23.2. The van der Waals surface area contributed by atoms with Gasteiger partial charge < -0.3 is 10.1 Å². The van der Waals surface area contributed by atoms with Crippen LogP contribution in [0.1, 0.15) is 37.8 Å². The van der Waals surface area contributed by atoms with E-state index in [4.69, 9.17) is 0 Å². The van der Waals surface area contributed by atoms with E-state index in [2.05, 4.69) is 60.4 Å². The Labute approximate surface area is 154 Å². The van der Waals surface area contributed by atoms with Crippen LogP contribution >= 0.6 is 11.8 Å². The second-order valence-corrected chi connectivity index (χ2v) is 8.07. The Hall–Kier alpha value is -1.53. The maximum absolute atomic E-state index is 12.1. The number of benzene rings is 1. The smallest absolute Gasteiger partial charge is 0.325 e. The average Bonchev–Trinajstić information content (AvgIpc) is 3.09. The fraction of sp³-hybridized carbons (Fsp3) is 0.579. The van der Waals surface area contributed by atoms with E-state index in [1.54, 1.807) is 11.8 Å². The first-order valence-electron chi connectivity index (χ1n) is 8.71. The Morgan fingerprint density at radius 3 is 2.56 bits per heavy atom. The summed E-state index contributed by atoms with van der Waals surface area (Å²) in [5.41, 5.74) is 2.63. The normalized spacial score (nSPS) is 21.2. The molecule has 1 heterocycles. The van der Waals surface area contributed by atoms with Crippen molar-refractivity contribution in [2.24, 2.45) is 5.92 Å². The van der Waals surface area contributed by atoms with Crippen LogP contribution in [0.5, 0.6) is 0 Å². The second-order valence-electron chi connectivity index (χ2n) is 6.90. The molecule has 6 heteroatoms. The quantitative estimate of drug-likeness (QED) is 0.727. The van der Waals surface area contributed by atoms with Crippen LogP contribution in [0, 0.1) is 5.92 Å². The molecule has 1 aromatic carbocycles. The van der Waals surface area contributed by atoms with Crippen molar-refractivity contribution in [1.29, 1.82) is 0 Å². The molecule has 0 radical (unpaired) electrons. The molecule has 2 N–H and O–H groups in total. The first-order chi connectivity index (χ1) is 11.9. The number of ether oxygens (including phenoxy) is 1. The van der Waals surface area contributed by atoms with Gasteiger partial charge in [-0.1, -0.05) is 45.0 Å². The lowest BCUT2D eigenvalue weighted by atomic mass is 9.96. The summed E-state index contributed by atoms with van der Waals surface area (Å²) in [7, 11) is 1.31. The van der Waals surface area contributed by atoms with E-state index in [1.807, 2.05) is 0 Å². The van der Waals surface area contributed by atoms with Crippen molar-refractivity contribution in [3.8, 4) is 0 Å². The largest absolute Gasteiger partial charge is 0.468 e. The Morgan fingerprint density at radius 1 is 1.28 bits per heavy atom. The first kappa shape index (κ1) is 19.8. The first-order valence-corrected chi connectivity index (χ1v) is 9.76. The second kappa shape index (κ2) is 9.25. The average molecular weight is 365 g/mol. The number of methoxy groups -OCH3 is 1. The molecule has 0 bridgehead atoms. The number of esters is 1. The van der Waals surface area contributed by atoms with E-state index in [0.717, 1.165) is 6.42 Å². The van der Waals surface area contributed by atoms with Gasteiger partial charge in [0.05, 0.1) is 18.5 Å². The van der Waals surface area contributed by atoms with Crippen molar-refractivity contribution in [1.82, 2.24) is 10.6 Å². The molecule has 1 fully saturated rings. The molecule has 1 aliphatic rings. The van der Waals surface area contributed by atoms with Gasteiger partial charge in [0.25, 0.3) is 0 Å². The van der Waals surface area contributed by atoms with Gasteiger partial charge in [-0.25, -0.2) is 0 Å². The molecular weight excluding hydrogens is 336 g/mol. The molecule has 0 aromatic heterocycles. The lowest BCUT2D eigenvalue weighted by Gasteiger charge is -2.21. The van der Waals surface area contributed by atoms with Crippen LogP contribution in [0.15, 0.2) is 24.3 Å². The number of carbonyl (C=O) groups is 2. The molecule has 5 nitrogen and oxygen atoms in total. The number of hydrogen-bond acceptors (Lipinski definition) is 5. The zero-order valence-corrected chi connectivity index (χ0v) is 16.2. The number of thioether (sulfide) groups is 1. The van der Waals surface area contributed by atoms with Crippen molar-refractivity contribution in [3.63, 3.8) is 0 Å². The van der Waals surface area contributed by atoms with E-state index in [9.17, 15) is 9.59 Å². The topological polar surface area (TPSA) is 67.4 Å². The third-order valence-electron chi connectivity index (χ3n) is 4.36. The molecule has 0 aliphatic carbocycles. The van der Waals surface area contributed by atoms with Crippen molar-refractivity contribution >= 4 is 23.6 Å². The van der Waals surface area contributed by atoms with Crippen molar-refractivity contribution in [3.05, 3.63) is 35.4 Å². The minimum absolute atomic E-state index is 0.0876. The summed E-state index contributed by atoms with van der Waals surface area (Å²) in [6, 6.07) is 8.50. The van der Waals surface area contributed by atoms with Crippen molar-refractivity contribution < 1.29 is 14.3 Å². The summed E-state index contributed by atoms with van der Waals surface area (Å²) >= 11 is 1.75. The van der Waals surface area contributed by atoms with E-state index in [-0.39, 0.29) is 23.9 Å². The zero-order chi connectivity index (χ0) is 18.4. The van der Waals surface area contributed by atoms with Crippen molar-refractivity contribution in [2.45, 2.75) is 44.5 Å². The van der Waals surface area contributed by atoms with E-state index >= 15 is 0 Å². The number of hydrogen-bond donors (Lipinski definition) is 2. The summed E-state index contributed by atoms with van der Waals surface area (Å²) < 4.78 is 4.53. The van der Waals surface area contributed by atoms with Crippen LogP contribution in [0.3, 0.4) is 0 Å². The van der Waals surface area contributed by atoms with Gasteiger partial charge >= 0.3 is 5.97 Å². The maximum atomic E-state index is 12.1. The molecule has 0 saturated carbocycles. The van der Waals surface area contributed by atoms with Gasteiger partial charge in [0.1, 0.15) is 6.54 Å². The number of nitrogens with one attached hydrogen (secondary N) is 2. The van der Waals surface area contributed by atoms with Gasteiger partial charge in [-0.15, -0.1) is 11.8 Å². The van der Waals surface area contributed by atoms with E-state index in [1.165, 1.54) is 18.2 Å². The number of carbonyl (C=O) groups excluding carboxylic acids is 2. The maximum Gasteiger partial charge on any atom is 0.325 e. The standard InChI is InChI=1S/C19H28N2O3S/c1-12(2)9-14-5-7-15(8-6-14)13(3)19-21-16(11-25-19)18(23)20-10-17(22)24-4/h5-8,12-13,16,19,21H,9-11H2,1-4H3,(H,20,23). The minimum Gasteiger partial charge on any atom is -0.468 e. The monoisotopic (exact) mass is 364 g/mol. The molecule has 3 atom stereocenters. The summed E-state index contributed by atoms with van der Waals surface area (Å²) in [6.45, 7) is 6.54. The van der Waals surface area contributed by atoms with E-state index < -0.39 is 5.97 Å². The SMILES string of the molecule is COC(=O)CNC(=O)C1CSC(C(C)c2ccc(CC(C)C)cc2)N1. The summed E-state index contributed by atoms with van der Waals surface area (Å²) in [6.07, 6.45) is 1.09. The molecule has 1 saturated heterocycles. The molecule has 2 rings (SSSR count). The highest BCUT2D eigenvalue weighted by Crippen LogP contribution is 2.32. The Bertz CT molecular complexity index is 589. The van der Waals surface area contributed by atoms with Gasteiger partial charge in [0.15, 0.2) is 0 Å². The lowest BCUT2D eigenvalue weighted by molar-refractivity contribution is -0.141. The number of rotatable bonds is 7. The molecular formula is C19H28N2O3S. The third kappa shape index (κ3) is 5.75. The fourth-order valence-electron chi connectivity index (χ4n) is 2.89. The molecule has 1 aromatic rings. The predicted octanol–water partition coefficient (Wildman–Crippen LogP) is 2.31. The molecule has 3 unspecified atom stereocenters. The van der Waals surface area contributed by atoms with Crippen LogP contribution in [0.2, 0.25) is 0 Å². The van der Waals surface area contributed by atoms with Crippen LogP contribution in [0.4, 0.5) is 0 Å². The molecule has 1 amide bonds. The molecule has 1 aliphatic heterocycles. The predicted molar refractivity (Wildman–Crippen MR) is 102 cm³/mol. The minimum atomic E-state index is -0.439. The Balaban J connectivity index is 1.88. The van der Waals surface area contributed by atoms with E-state index in [0.29, 0.717) is 17.6 Å².